The first kappa shape index (κ1) is 20.4. The first-order chi connectivity index (χ1) is 13.2. The lowest BCUT2D eigenvalue weighted by Gasteiger charge is -2.32. The molecule has 0 spiro atoms. The highest BCUT2D eigenvalue weighted by Gasteiger charge is 2.52. The molecular weight excluding hydrogens is 357 g/mol. The Bertz CT molecular complexity index is 791. The summed E-state index contributed by atoms with van der Waals surface area (Å²) in [5.41, 5.74) is 1.06. The van der Waals surface area contributed by atoms with Crippen LogP contribution in [0, 0.1) is 0 Å². The molecule has 0 N–H and O–H groups in total. The van der Waals surface area contributed by atoms with Crippen molar-refractivity contribution >= 4 is 18.7 Å². The van der Waals surface area contributed by atoms with Crippen molar-refractivity contribution in [1.82, 2.24) is 14.7 Å². The van der Waals surface area contributed by atoms with Crippen molar-refractivity contribution in [3.63, 3.8) is 0 Å². The molecule has 2 heterocycles. The third-order valence-corrected chi connectivity index (χ3v) is 5.36. The Labute approximate surface area is 166 Å². The van der Waals surface area contributed by atoms with Crippen LogP contribution in [0.25, 0.3) is 0 Å². The second-order valence-electron chi connectivity index (χ2n) is 8.09. The van der Waals surface area contributed by atoms with E-state index >= 15 is 0 Å². The maximum atomic E-state index is 12.1. The van der Waals surface area contributed by atoms with Gasteiger partial charge < -0.3 is 18.9 Å². The third kappa shape index (κ3) is 4.56. The minimum Gasteiger partial charge on any atom is -0.445 e. The molecule has 0 saturated carbocycles. The zero-order valence-corrected chi connectivity index (χ0v) is 17.2. The minimum absolute atomic E-state index is 0.262. The second-order valence-corrected chi connectivity index (χ2v) is 8.09. The van der Waals surface area contributed by atoms with Crippen LogP contribution in [0.4, 0.5) is 4.79 Å². The van der Waals surface area contributed by atoms with Crippen molar-refractivity contribution < 1.29 is 18.8 Å². The van der Waals surface area contributed by atoms with E-state index in [2.05, 4.69) is 5.10 Å². The van der Waals surface area contributed by atoms with Gasteiger partial charge in [-0.05, 0) is 33.3 Å². The largest absolute Gasteiger partial charge is 0.498 e. The molecule has 3 rings (SSSR count). The molecule has 150 valence electrons. The molecular formula is C20H28BN3O4. The van der Waals surface area contributed by atoms with Crippen LogP contribution in [0.5, 0.6) is 0 Å². The Balaban J connectivity index is 1.48. The highest BCUT2D eigenvalue weighted by atomic mass is 16.7. The molecule has 0 atom stereocenters. The Morgan fingerprint density at radius 3 is 2.46 bits per heavy atom. The van der Waals surface area contributed by atoms with Gasteiger partial charge in [0.15, 0.2) is 0 Å². The first-order valence-corrected chi connectivity index (χ1v) is 9.48. The molecule has 1 aliphatic rings. The van der Waals surface area contributed by atoms with Crippen molar-refractivity contribution in [3.05, 3.63) is 48.3 Å². The number of aromatic nitrogens is 2. The lowest BCUT2D eigenvalue weighted by atomic mass is 9.82. The van der Waals surface area contributed by atoms with Crippen LogP contribution < -0.4 is 5.46 Å². The summed E-state index contributed by atoms with van der Waals surface area (Å²) in [6.45, 7) is 9.38. The number of ether oxygens (including phenoxy) is 1. The molecule has 1 aliphatic heterocycles. The number of hydrogen-bond donors (Lipinski definition) is 0. The van der Waals surface area contributed by atoms with E-state index in [4.69, 9.17) is 14.0 Å². The van der Waals surface area contributed by atoms with Crippen LogP contribution in [-0.2, 0) is 27.2 Å². The van der Waals surface area contributed by atoms with Crippen molar-refractivity contribution in [1.29, 1.82) is 0 Å². The number of amides is 1. The molecule has 0 unspecified atom stereocenters. The van der Waals surface area contributed by atoms with E-state index in [0.29, 0.717) is 13.1 Å². The summed E-state index contributed by atoms with van der Waals surface area (Å²) in [7, 11) is 1.28. The molecule has 1 saturated heterocycles. The van der Waals surface area contributed by atoms with Gasteiger partial charge in [0.2, 0.25) is 0 Å². The number of benzene rings is 1. The standard InChI is InChI=1S/C20H28BN3O4/c1-19(2)20(3,4)28-21(27-19)17-13-22-24(14-17)12-11-23(5)18(25)26-15-16-9-7-6-8-10-16/h6-10,13-14H,11-12,15H2,1-5H3. The SMILES string of the molecule is CN(CCn1cc(B2OC(C)(C)C(C)(C)O2)cn1)C(=O)OCc1ccccc1. The minimum atomic E-state index is -0.438. The number of likely N-dealkylation sites (N-methyl/N-ethyl adjacent to an activating group) is 1. The van der Waals surface area contributed by atoms with E-state index in [1.165, 1.54) is 0 Å². The molecule has 28 heavy (non-hydrogen) atoms. The Morgan fingerprint density at radius 1 is 1.18 bits per heavy atom. The van der Waals surface area contributed by atoms with Crippen LogP contribution >= 0.6 is 0 Å². The molecule has 7 nitrogen and oxygen atoms in total. The fraction of sp³-hybridized carbons (Fsp3) is 0.500. The van der Waals surface area contributed by atoms with E-state index in [-0.39, 0.29) is 23.9 Å². The van der Waals surface area contributed by atoms with Crippen molar-refractivity contribution in [2.45, 2.75) is 52.0 Å². The fourth-order valence-electron chi connectivity index (χ4n) is 2.78. The Hall–Kier alpha value is -2.32. The highest BCUT2D eigenvalue weighted by Crippen LogP contribution is 2.36. The van der Waals surface area contributed by atoms with Gasteiger partial charge in [0.25, 0.3) is 0 Å². The molecule has 1 aromatic heterocycles. The van der Waals surface area contributed by atoms with E-state index in [1.807, 2.05) is 64.2 Å². The molecule has 2 aromatic rings. The lowest BCUT2D eigenvalue weighted by Crippen LogP contribution is -2.41. The normalized spacial score (nSPS) is 17.5. The van der Waals surface area contributed by atoms with Gasteiger partial charge in [-0.25, -0.2) is 4.79 Å². The van der Waals surface area contributed by atoms with Gasteiger partial charge in [0, 0.05) is 31.4 Å². The maximum Gasteiger partial charge on any atom is 0.498 e. The monoisotopic (exact) mass is 385 g/mol. The van der Waals surface area contributed by atoms with Gasteiger partial charge >= 0.3 is 13.2 Å². The van der Waals surface area contributed by atoms with E-state index in [9.17, 15) is 4.79 Å². The number of carbonyl (C=O) groups is 1. The fourth-order valence-corrected chi connectivity index (χ4v) is 2.78. The molecule has 1 fully saturated rings. The molecule has 0 bridgehead atoms. The van der Waals surface area contributed by atoms with Crippen LogP contribution in [0.3, 0.4) is 0 Å². The predicted molar refractivity (Wildman–Crippen MR) is 107 cm³/mol. The van der Waals surface area contributed by atoms with Gasteiger partial charge in [-0.2, -0.15) is 5.10 Å². The number of hydrogen-bond acceptors (Lipinski definition) is 5. The number of rotatable bonds is 6. The lowest BCUT2D eigenvalue weighted by molar-refractivity contribution is 0.00578. The average Bonchev–Trinajstić information content (AvgIpc) is 3.20. The quantitative estimate of drug-likeness (QED) is 0.715. The molecule has 0 aliphatic carbocycles. The zero-order chi connectivity index (χ0) is 20.4. The molecule has 8 heteroatoms. The summed E-state index contributed by atoms with van der Waals surface area (Å²) in [5.74, 6) is 0. The molecule has 1 aromatic carbocycles. The summed E-state index contributed by atoms with van der Waals surface area (Å²) in [6, 6.07) is 9.62. The topological polar surface area (TPSA) is 65.8 Å². The molecule has 0 radical (unpaired) electrons. The smallest absolute Gasteiger partial charge is 0.445 e. The zero-order valence-electron chi connectivity index (χ0n) is 17.2. The van der Waals surface area contributed by atoms with Crippen LogP contribution in [-0.4, -0.2) is 52.7 Å². The summed E-state index contributed by atoms with van der Waals surface area (Å²) < 4.78 is 19.2. The summed E-state index contributed by atoms with van der Waals surface area (Å²) >= 11 is 0. The van der Waals surface area contributed by atoms with Crippen molar-refractivity contribution in [3.8, 4) is 0 Å². The van der Waals surface area contributed by atoms with Crippen molar-refractivity contribution in [2.24, 2.45) is 0 Å². The van der Waals surface area contributed by atoms with Crippen LogP contribution in [0.15, 0.2) is 42.7 Å². The third-order valence-electron chi connectivity index (χ3n) is 5.36. The molecule has 1 amide bonds. The van der Waals surface area contributed by atoms with Crippen molar-refractivity contribution in [2.75, 3.05) is 13.6 Å². The highest BCUT2D eigenvalue weighted by molar-refractivity contribution is 6.61. The first-order valence-electron chi connectivity index (χ1n) is 9.48. The van der Waals surface area contributed by atoms with Gasteiger partial charge in [-0.3, -0.25) is 4.68 Å². The van der Waals surface area contributed by atoms with Gasteiger partial charge in [0.05, 0.1) is 17.7 Å². The van der Waals surface area contributed by atoms with Gasteiger partial charge in [-0.15, -0.1) is 0 Å². The van der Waals surface area contributed by atoms with Crippen LogP contribution in [0.1, 0.15) is 33.3 Å². The Kier molecular flexibility index (Phi) is 5.81. The maximum absolute atomic E-state index is 12.1. The summed E-state index contributed by atoms with van der Waals surface area (Å²) in [4.78, 5) is 13.7. The van der Waals surface area contributed by atoms with Crippen LogP contribution in [0.2, 0.25) is 0 Å². The van der Waals surface area contributed by atoms with Gasteiger partial charge in [0.1, 0.15) is 6.61 Å². The number of carbonyl (C=O) groups excluding carboxylic acids is 1. The van der Waals surface area contributed by atoms with Gasteiger partial charge in [-0.1, -0.05) is 30.3 Å². The summed E-state index contributed by atoms with van der Waals surface area (Å²) in [5, 5.41) is 4.36. The summed E-state index contributed by atoms with van der Waals surface area (Å²) in [6.07, 6.45) is 3.28. The van der Waals surface area contributed by atoms with E-state index < -0.39 is 7.12 Å². The second kappa shape index (κ2) is 7.97. The Morgan fingerprint density at radius 2 is 1.82 bits per heavy atom. The van der Waals surface area contributed by atoms with E-state index in [1.54, 1.807) is 22.8 Å². The average molecular weight is 385 g/mol. The predicted octanol–water partition coefficient (Wildman–Crippen LogP) is 2.45. The van der Waals surface area contributed by atoms with E-state index in [0.717, 1.165) is 11.0 Å². The number of nitrogens with zero attached hydrogens (tertiary/aromatic N) is 3.